The Morgan fingerprint density at radius 3 is 2.45 bits per heavy atom. The van der Waals surface area contributed by atoms with Gasteiger partial charge in [0.2, 0.25) is 0 Å². The van der Waals surface area contributed by atoms with E-state index in [-0.39, 0.29) is 0 Å². The van der Waals surface area contributed by atoms with E-state index < -0.39 is 0 Å². The number of hydrogen-bond donors (Lipinski definition) is 0. The van der Waals surface area contributed by atoms with Crippen LogP contribution in [0.15, 0.2) is 24.1 Å². The molecule has 0 saturated heterocycles. The molecule has 1 aromatic rings. The van der Waals surface area contributed by atoms with Crippen LogP contribution in [0.4, 0.5) is 0 Å². The smallest absolute Gasteiger partial charge is 0.0270 e. The van der Waals surface area contributed by atoms with E-state index in [2.05, 4.69) is 13.2 Å². The third kappa shape index (κ3) is 3.19. The molecule has 0 nitrogen and oxygen atoms in total. The van der Waals surface area contributed by atoms with Gasteiger partial charge >= 0.3 is 0 Å². The first-order chi connectivity index (χ1) is 5.34. The van der Waals surface area contributed by atoms with Crippen LogP contribution in [-0.2, 0) is 0 Å². The maximum atomic E-state index is 3.84. The highest BCUT2D eigenvalue weighted by atomic mass is 32.1. The summed E-state index contributed by atoms with van der Waals surface area (Å²) in [4.78, 5) is 0. The Labute approximate surface area is 72.2 Å². The number of rotatable bonds is 1. The minimum atomic E-state index is 1.11. The highest BCUT2D eigenvalue weighted by Crippen LogP contribution is 1.78. The predicted octanol–water partition coefficient (Wildman–Crippen LogP) is 2.15. The monoisotopic (exact) mass is 166 g/mol. The number of allylic oxidation sites excluding steroid dienone is 1. The second-order valence-electron chi connectivity index (χ2n) is 1.70. The molecule has 0 atom stereocenters. The van der Waals surface area contributed by atoms with Gasteiger partial charge in [0.1, 0.15) is 0 Å². The van der Waals surface area contributed by atoms with E-state index in [1.807, 2.05) is 31.4 Å². The van der Waals surface area contributed by atoms with E-state index in [1.165, 1.54) is 5.22 Å². The van der Waals surface area contributed by atoms with Crippen molar-refractivity contribution in [2.24, 2.45) is 0 Å². The molecule has 0 aliphatic rings. The molecule has 0 saturated carbocycles. The summed E-state index contributed by atoms with van der Waals surface area (Å²) in [6.45, 7) is 11.4. The van der Waals surface area contributed by atoms with Gasteiger partial charge in [-0.05, 0) is 16.7 Å². The van der Waals surface area contributed by atoms with Gasteiger partial charge in [0.25, 0.3) is 0 Å². The van der Waals surface area contributed by atoms with Gasteiger partial charge in [-0.2, -0.15) is 0 Å². The Kier molecular flexibility index (Phi) is 5.49. The molecule has 0 bridgehead atoms. The topological polar surface area (TPSA) is 0 Å². The average molecular weight is 166 g/mol. The summed E-state index contributed by atoms with van der Waals surface area (Å²) < 4.78 is 1.11. The van der Waals surface area contributed by atoms with E-state index in [9.17, 15) is 0 Å². The fourth-order valence-corrected chi connectivity index (χ4v) is 1.28. The highest BCUT2D eigenvalue weighted by Gasteiger charge is 1.78. The summed E-state index contributed by atoms with van der Waals surface area (Å²) in [7, 11) is 0. The third-order valence-electron chi connectivity index (χ3n) is 1.08. The standard InChI is InChI=1S/C8H8S.C2H6/c1-3-4-8-5-6-9-7(8)2;1-2/h3-6H,1-2H2;1-2H3/b8-4-;. The van der Waals surface area contributed by atoms with Crippen molar-refractivity contribution in [1.82, 2.24) is 0 Å². The Balaban J connectivity index is 0.000000461. The Morgan fingerprint density at radius 1 is 1.45 bits per heavy atom. The van der Waals surface area contributed by atoms with Crippen LogP contribution >= 0.6 is 11.3 Å². The molecule has 0 aliphatic heterocycles. The fraction of sp³-hybridized carbons (Fsp3) is 0.200. The first-order valence-electron chi connectivity index (χ1n) is 3.70. The molecule has 0 fully saturated rings. The molecule has 0 aliphatic carbocycles. The summed E-state index contributed by atoms with van der Waals surface area (Å²) in [5.41, 5.74) is 0. The van der Waals surface area contributed by atoms with E-state index >= 15 is 0 Å². The number of thiophene rings is 1. The molecule has 1 aromatic heterocycles. The molecule has 60 valence electrons. The van der Waals surface area contributed by atoms with E-state index in [0.29, 0.717) is 0 Å². The normalized spacial score (nSPS) is 10.2. The van der Waals surface area contributed by atoms with Crippen molar-refractivity contribution in [3.8, 4) is 0 Å². The molecule has 0 N–H and O–H groups in total. The first-order valence-corrected chi connectivity index (χ1v) is 4.58. The van der Waals surface area contributed by atoms with Crippen LogP contribution in [0.1, 0.15) is 13.8 Å². The average Bonchev–Trinajstić information content (AvgIpc) is 2.42. The van der Waals surface area contributed by atoms with Crippen molar-refractivity contribution < 1.29 is 0 Å². The maximum absolute atomic E-state index is 3.84. The lowest BCUT2D eigenvalue weighted by Gasteiger charge is -1.68. The van der Waals surface area contributed by atoms with Crippen molar-refractivity contribution in [2.45, 2.75) is 13.8 Å². The third-order valence-corrected chi connectivity index (χ3v) is 1.87. The summed E-state index contributed by atoms with van der Waals surface area (Å²) in [5.74, 6) is 0. The Bertz CT molecular complexity index is 293. The lowest BCUT2D eigenvalue weighted by molar-refractivity contribution is 1.50. The van der Waals surface area contributed by atoms with Gasteiger partial charge < -0.3 is 0 Å². The van der Waals surface area contributed by atoms with Gasteiger partial charge in [-0.1, -0.05) is 39.2 Å². The molecular formula is C10H14S. The molecule has 0 radical (unpaired) electrons. The maximum Gasteiger partial charge on any atom is 0.0270 e. The lowest BCUT2D eigenvalue weighted by Crippen LogP contribution is -2.14. The largest absolute Gasteiger partial charge is 0.144 e. The molecule has 1 heteroatoms. The van der Waals surface area contributed by atoms with Gasteiger partial charge in [0.15, 0.2) is 0 Å². The van der Waals surface area contributed by atoms with Crippen molar-refractivity contribution >= 4 is 24.0 Å². The minimum absolute atomic E-state index is 1.11. The van der Waals surface area contributed by atoms with Crippen LogP contribution < -0.4 is 9.75 Å². The van der Waals surface area contributed by atoms with Crippen molar-refractivity contribution in [3.05, 3.63) is 33.9 Å². The molecule has 1 rings (SSSR count). The van der Waals surface area contributed by atoms with Gasteiger partial charge in [0.05, 0.1) is 0 Å². The molecule has 0 aromatic carbocycles. The summed E-state index contributed by atoms with van der Waals surface area (Å²) in [5, 5.41) is 3.20. The molecular weight excluding hydrogens is 152 g/mol. The summed E-state index contributed by atoms with van der Waals surface area (Å²) >= 11 is 1.65. The lowest BCUT2D eigenvalue weighted by atomic mass is 10.4. The second-order valence-corrected chi connectivity index (χ2v) is 2.70. The summed E-state index contributed by atoms with van der Waals surface area (Å²) in [6, 6.07) is 2.04. The van der Waals surface area contributed by atoms with E-state index in [0.717, 1.165) is 4.53 Å². The SMILES string of the molecule is C=C/C=c1/ccsc1=C.CC. The highest BCUT2D eigenvalue weighted by molar-refractivity contribution is 7.07. The van der Waals surface area contributed by atoms with Crippen LogP contribution in [0.2, 0.25) is 0 Å². The van der Waals surface area contributed by atoms with Crippen LogP contribution in [0.3, 0.4) is 0 Å². The molecule has 0 amide bonds. The zero-order chi connectivity index (χ0) is 8.69. The zero-order valence-electron chi connectivity index (χ0n) is 7.13. The van der Waals surface area contributed by atoms with Crippen molar-refractivity contribution in [1.29, 1.82) is 0 Å². The van der Waals surface area contributed by atoms with Crippen molar-refractivity contribution in [3.63, 3.8) is 0 Å². The van der Waals surface area contributed by atoms with Gasteiger partial charge in [-0.25, -0.2) is 0 Å². The van der Waals surface area contributed by atoms with Crippen LogP contribution in [0.25, 0.3) is 12.7 Å². The van der Waals surface area contributed by atoms with Crippen LogP contribution in [-0.4, -0.2) is 0 Å². The first kappa shape index (κ1) is 10.2. The zero-order valence-corrected chi connectivity index (χ0v) is 7.95. The van der Waals surface area contributed by atoms with Crippen molar-refractivity contribution in [2.75, 3.05) is 0 Å². The van der Waals surface area contributed by atoms with Crippen LogP contribution in [0, 0.1) is 0 Å². The summed E-state index contributed by atoms with van der Waals surface area (Å²) in [6.07, 6.45) is 3.73. The fourth-order valence-electron chi connectivity index (χ4n) is 0.626. The van der Waals surface area contributed by atoms with Gasteiger partial charge in [-0.15, -0.1) is 11.3 Å². The minimum Gasteiger partial charge on any atom is -0.144 e. The van der Waals surface area contributed by atoms with Crippen LogP contribution in [0.5, 0.6) is 0 Å². The quantitative estimate of drug-likeness (QED) is 0.599. The Hall–Kier alpha value is -0.820. The molecule has 0 unspecified atom stereocenters. The molecule has 1 heterocycles. The second kappa shape index (κ2) is 5.93. The molecule has 0 spiro atoms. The van der Waals surface area contributed by atoms with Gasteiger partial charge in [-0.3, -0.25) is 0 Å². The number of hydrogen-bond acceptors (Lipinski definition) is 1. The molecule has 11 heavy (non-hydrogen) atoms. The predicted molar refractivity (Wildman–Crippen MR) is 55.1 cm³/mol. The van der Waals surface area contributed by atoms with E-state index in [1.54, 1.807) is 17.4 Å². The Morgan fingerprint density at radius 2 is 2.09 bits per heavy atom. The van der Waals surface area contributed by atoms with E-state index in [4.69, 9.17) is 0 Å². The van der Waals surface area contributed by atoms with Gasteiger partial charge in [0, 0.05) is 4.53 Å².